The average Bonchev–Trinajstić information content (AvgIpc) is 3.32. The van der Waals surface area contributed by atoms with E-state index in [0.29, 0.717) is 5.69 Å². The summed E-state index contributed by atoms with van der Waals surface area (Å²) in [5, 5.41) is 4.88. The van der Waals surface area contributed by atoms with Crippen molar-refractivity contribution in [3.05, 3.63) is 118 Å². The van der Waals surface area contributed by atoms with Gasteiger partial charge in [-0.1, -0.05) is 60.7 Å². The number of anilines is 1. The molecule has 1 aliphatic heterocycles. The Kier molecular flexibility index (Phi) is 3.95. The highest BCUT2D eigenvalue weighted by Gasteiger charge is 2.73. The van der Waals surface area contributed by atoms with Crippen LogP contribution in [0.25, 0.3) is 0 Å². The summed E-state index contributed by atoms with van der Waals surface area (Å²) in [5.41, 5.74) is 6.73. The van der Waals surface area contributed by atoms with Gasteiger partial charge in [0.1, 0.15) is 0 Å². The maximum absolute atomic E-state index is 14.8. The smallest absolute Gasteiger partial charge is 0.263 e. The van der Waals surface area contributed by atoms with Gasteiger partial charge in [0, 0.05) is 17.5 Å². The molecule has 1 aromatic heterocycles. The van der Waals surface area contributed by atoms with Crippen LogP contribution in [-0.4, -0.2) is 21.6 Å². The van der Waals surface area contributed by atoms with Crippen LogP contribution in [0.5, 0.6) is 0 Å². The number of nitrogens with zero attached hydrogens (tertiary/aromatic N) is 3. The van der Waals surface area contributed by atoms with Crippen LogP contribution in [0.15, 0.2) is 78.9 Å². The van der Waals surface area contributed by atoms with Crippen molar-refractivity contribution in [2.75, 3.05) is 4.90 Å². The van der Waals surface area contributed by atoms with Gasteiger partial charge in [0.2, 0.25) is 5.91 Å². The van der Waals surface area contributed by atoms with E-state index >= 15 is 0 Å². The Morgan fingerprint density at radius 2 is 1.40 bits per heavy atom. The number of hydrogen-bond acceptors (Lipinski definition) is 3. The summed E-state index contributed by atoms with van der Waals surface area (Å²) in [6.07, 6.45) is 0. The van der Waals surface area contributed by atoms with Gasteiger partial charge in [0.05, 0.1) is 17.3 Å². The van der Waals surface area contributed by atoms with Gasteiger partial charge >= 0.3 is 0 Å². The fourth-order valence-electron chi connectivity index (χ4n) is 7.08. The van der Waals surface area contributed by atoms with Crippen molar-refractivity contribution in [3.63, 3.8) is 0 Å². The Hall–Kier alpha value is -3.99. The largest absolute Gasteiger partial charge is 0.274 e. The summed E-state index contributed by atoms with van der Waals surface area (Å²) < 4.78 is 1.88. The molecule has 0 saturated carbocycles. The second-order valence-electron chi connectivity index (χ2n) is 10.1. The highest BCUT2D eigenvalue weighted by Crippen LogP contribution is 2.66. The molecular weight excluding hydrogens is 434 g/mol. The topological polar surface area (TPSA) is 55.2 Å². The minimum absolute atomic E-state index is 0.146. The molecule has 0 radical (unpaired) electrons. The molecule has 3 aromatic carbocycles. The van der Waals surface area contributed by atoms with Crippen LogP contribution >= 0.6 is 0 Å². The van der Waals surface area contributed by atoms with Gasteiger partial charge in [-0.2, -0.15) is 5.10 Å². The number of hydrogen-bond donors (Lipinski definition) is 0. The number of aryl methyl sites for hydroxylation is 3. The van der Waals surface area contributed by atoms with E-state index in [9.17, 15) is 9.59 Å². The van der Waals surface area contributed by atoms with Crippen LogP contribution in [0.4, 0.5) is 5.69 Å². The molecule has 1 fully saturated rings. The first-order valence-electron chi connectivity index (χ1n) is 12.1. The van der Waals surface area contributed by atoms with E-state index in [-0.39, 0.29) is 23.7 Å². The zero-order valence-electron chi connectivity index (χ0n) is 19.9. The fraction of sp³-hybridized carbons (Fsp3) is 0.233. The highest BCUT2D eigenvalue weighted by molar-refractivity contribution is 6.26. The summed E-state index contributed by atoms with van der Waals surface area (Å²) in [6.45, 7) is 5.91. The van der Waals surface area contributed by atoms with Gasteiger partial charge in [-0.25, -0.2) is 4.90 Å². The number of aromatic nitrogens is 2. The average molecular weight is 460 g/mol. The minimum Gasteiger partial charge on any atom is -0.274 e. The summed E-state index contributed by atoms with van der Waals surface area (Å²) in [4.78, 5) is 30.7. The molecule has 2 unspecified atom stereocenters. The first kappa shape index (κ1) is 20.4. The summed E-state index contributed by atoms with van der Waals surface area (Å²) in [7, 11) is 0. The van der Waals surface area contributed by atoms with Crippen LogP contribution in [0.3, 0.4) is 0 Å². The Bertz CT molecular complexity index is 1520. The third kappa shape index (κ3) is 2.35. The van der Waals surface area contributed by atoms with E-state index < -0.39 is 11.5 Å². The Labute approximate surface area is 204 Å². The molecule has 3 aliphatic carbocycles. The number of imide groups is 1. The van der Waals surface area contributed by atoms with Crippen LogP contribution in [0, 0.1) is 26.7 Å². The zero-order chi connectivity index (χ0) is 24.1. The quantitative estimate of drug-likeness (QED) is 0.397. The van der Waals surface area contributed by atoms with E-state index in [1.807, 2.05) is 80.1 Å². The molecule has 2 atom stereocenters. The second-order valence-corrected chi connectivity index (χ2v) is 10.1. The van der Waals surface area contributed by atoms with E-state index in [1.54, 1.807) is 0 Å². The standard InChI is InChI=1S/C30H25N3O2/c1-17-9-8-10-20(15-17)32-28(34)27-25-21-11-4-6-13-23(21)26(24-14-7-5-12-22(24)25)30(27,29(32)35)33-19(3)16-18(2)31-33/h4-16,25-27H,1-3H3. The molecule has 2 bridgehead atoms. The van der Waals surface area contributed by atoms with Crippen LogP contribution in [-0.2, 0) is 15.1 Å². The summed E-state index contributed by atoms with van der Waals surface area (Å²) >= 11 is 0. The zero-order valence-corrected chi connectivity index (χ0v) is 19.9. The number of carbonyl (C=O) groups is 2. The van der Waals surface area contributed by atoms with Gasteiger partial charge in [-0.05, 0) is 66.8 Å². The van der Waals surface area contributed by atoms with E-state index in [1.165, 1.54) is 4.90 Å². The van der Waals surface area contributed by atoms with Crippen molar-refractivity contribution in [3.8, 4) is 0 Å². The molecule has 1 saturated heterocycles. The van der Waals surface area contributed by atoms with Crippen molar-refractivity contribution in [1.29, 1.82) is 0 Å². The lowest BCUT2D eigenvalue weighted by molar-refractivity contribution is -0.129. The molecule has 4 aliphatic rings. The monoisotopic (exact) mass is 459 g/mol. The Balaban J connectivity index is 1.61. The number of amides is 2. The second kappa shape index (κ2) is 6.79. The molecule has 4 aromatic rings. The predicted octanol–water partition coefficient (Wildman–Crippen LogP) is 4.98. The lowest BCUT2D eigenvalue weighted by atomic mass is 9.51. The van der Waals surface area contributed by atoms with Crippen LogP contribution in [0.2, 0.25) is 0 Å². The molecule has 5 heteroatoms. The summed E-state index contributed by atoms with van der Waals surface area (Å²) in [5.74, 6) is -1.45. The molecule has 2 heterocycles. The Morgan fingerprint density at radius 3 is 1.97 bits per heavy atom. The van der Waals surface area contributed by atoms with Crippen molar-refractivity contribution < 1.29 is 9.59 Å². The van der Waals surface area contributed by atoms with Crippen molar-refractivity contribution in [2.45, 2.75) is 38.1 Å². The molecule has 8 rings (SSSR count). The van der Waals surface area contributed by atoms with E-state index in [2.05, 4.69) is 24.3 Å². The van der Waals surface area contributed by atoms with Gasteiger partial charge in [0.15, 0.2) is 5.54 Å². The van der Waals surface area contributed by atoms with Gasteiger partial charge in [0.25, 0.3) is 5.91 Å². The lowest BCUT2D eigenvalue weighted by Crippen LogP contribution is -2.58. The minimum atomic E-state index is -1.16. The maximum Gasteiger partial charge on any atom is 0.263 e. The van der Waals surface area contributed by atoms with Gasteiger partial charge in [-0.3, -0.25) is 14.3 Å². The highest BCUT2D eigenvalue weighted by atomic mass is 16.2. The molecule has 2 amide bonds. The Morgan fingerprint density at radius 1 is 0.771 bits per heavy atom. The van der Waals surface area contributed by atoms with E-state index in [4.69, 9.17) is 5.10 Å². The third-order valence-corrected chi connectivity index (χ3v) is 8.18. The maximum atomic E-state index is 14.8. The molecular formula is C30H25N3O2. The van der Waals surface area contributed by atoms with Crippen molar-refractivity contribution >= 4 is 17.5 Å². The number of rotatable bonds is 2. The van der Waals surface area contributed by atoms with Crippen LogP contribution in [0.1, 0.15) is 51.0 Å². The van der Waals surface area contributed by atoms with Crippen molar-refractivity contribution in [1.82, 2.24) is 9.78 Å². The number of carbonyl (C=O) groups excluding carboxylic acids is 2. The third-order valence-electron chi connectivity index (χ3n) is 8.18. The normalized spacial score (nSPS) is 26.0. The van der Waals surface area contributed by atoms with Crippen molar-refractivity contribution in [2.24, 2.45) is 5.92 Å². The fourth-order valence-corrected chi connectivity index (χ4v) is 7.08. The van der Waals surface area contributed by atoms with Gasteiger partial charge < -0.3 is 0 Å². The van der Waals surface area contributed by atoms with E-state index in [0.717, 1.165) is 39.2 Å². The first-order chi connectivity index (χ1) is 16.9. The molecule has 0 N–H and O–H groups in total. The van der Waals surface area contributed by atoms with Gasteiger partial charge in [-0.15, -0.1) is 0 Å². The van der Waals surface area contributed by atoms with Crippen LogP contribution < -0.4 is 4.90 Å². The lowest BCUT2D eigenvalue weighted by Gasteiger charge is -2.53. The predicted molar refractivity (Wildman–Crippen MR) is 133 cm³/mol. The molecule has 0 spiro atoms. The SMILES string of the molecule is Cc1cccc(N2C(=O)C3C4c5ccccc5C(c5ccccc54)C3(n3nc(C)cc3C)C2=O)c1. The molecule has 35 heavy (non-hydrogen) atoms. The number of benzene rings is 3. The first-order valence-corrected chi connectivity index (χ1v) is 12.1. The molecule has 5 nitrogen and oxygen atoms in total. The summed E-state index contributed by atoms with van der Waals surface area (Å²) in [6, 6.07) is 26.3. The molecule has 172 valence electrons.